The molecule has 0 amide bonds. The van der Waals surface area contributed by atoms with Gasteiger partial charge in [-0.05, 0) is 19.8 Å². The molecule has 0 aliphatic heterocycles. The Balaban J connectivity index is 3.55. The summed E-state index contributed by atoms with van der Waals surface area (Å²) in [5.41, 5.74) is 0. The van der Waals surface area contributed by atoms with Gasteiger partial charge in [0.2, 0.25) is 0 Å². The summed E-state index contributed by atoms with van der Waals surface area (Å²) in [6, 6.07) is 0. The summed E-state index contributed by atoms with van der Waals surface area (Å²) in [7, 11) is 3.31. The topological polar surface area (TPSA) is 18.5 Å². The van der Waals surface area contributed by atoms with E-state index in [1.807, 2.05) is 6.92 Å². The van der Waals surface area contributed by atoms with E-state index in [1.165, 1.54) is 0 Å². The van der Waals surface area contributed by atoms with Crippen LogP contribution in [0.2, 0.25) is 0 Å². The van der Waals surface area contributed by atoms with Crippen LogP contribution in [0.15, 0.2) is 0 Å². The Morgan fingerprint density at radius 1 is 1.17 bits per heavy atom. The first-order chi connectivity index (χ1) is 5.74. The first-order valence-electron chi connectivity index (χ1n) is 4.22. The Morgan fingerprint density at radius 2 is 1.75 bits per heavy atom. The van der Waals surface area contributed by atoms with Crippen molar-refractivity contribution < 1.29 is 9.47 Å². The zero-order valence-electron chi connectivity index (χ0n) is 8.39. The van der Waals surface area contributed by atoms with E-state index in [2.05, 4.69) is 18.8 Å². The summed E-state index contributed by atoms with van der Waals surface area (Å²) >= 11 is 0. The lowest BCUT2D eigenvalue weighted by Crippen LogP contribution is -2.13. The van der Waals surface area contributed by atoms with E-state index >= 15 is 0 Å². The fraction of sp³-hybridized carbons (Fsp3) is 0.800. The molecule has 0 heterocycles. The molecule has 0 spiro atoms. The third-order valence-electron chi connectivity index (χ3n) is 1.75. The molecule has 0 saturated carbocycles. The molecule has 0 aliphatic rings. The highest BCUT2D eigenvalue weighted by Crippen LogP contribution is 2.09. The molecule has 0 aromatic rings. The van der Waals surface area contributed by atoms with Crippen LogP contribution in [-0.2, 0) is 9.47 Å². The van der Waals surface area contributed by atoms with Gasteiger partial charge in [-0.2, -0.15) is 0 Å². The fourth-order valence-corrected chi connectivity index (χ4v) is 1.04. The molecule has 0 aromatic heterocycles. The minimum Gasteiger partial charge on any atom is -0.356 e. The zero-order chi connectivity index (χ0) is 9.40. The van der Waals surface area contributed by atoms with Crippen LogP contribution in [0.3, 0.4) is 0 Å². The van der Waals surface area contributed by atoms with E-state index in [-0.39, 0.29) is 6.29 Å². The molecule has 12 heavy (non-hydrogen) atoms. The Morgan fingerprint density at radius 3 is 2.17 bits per heavy atom. The standard InChI is InChI=1S/C10H18O2/c1-5-6-9(2)7-8-10(11-3)12-4/h9-10H,7-8H2,1-4H3/t9-/m1/s1. The van der Waals surface area contributed by atoms with Crippen molar-refractivity contribution in [2.45, 2.75) is 33.0 Å². The summed E-state index contributed by atoms with van der Waals surface area (Å²) in [5, 5.41) is 0. The summed E-state index contributed by atoms with van der Waals surface area (Å²) in [6.45, 7) is 3.97. The lowest BCUT2D eigenvalue weighted by Gasteiger charge is -2.13. The highest BCUT2D eigenvalue weighted by Gasteiger charge is 2.06. The molecule has 0 bridgehead atoms. The van der Waals surface area contributed by atoms with Crippen molar-refractivity contribution in [1.29, 1.82) is 0 Å². The van der Waals surface area contributed by atoms with Gasteiger partial charge in [-0.1, -0.05) is 6.92 Å². The van der Waals surface area contributed by atoms with E-state index < -0.39 is 0 Å². The molecule has 0 radical (unpaired) electrons. The van der Waals surface area contributed by atoms with E-state index in [4.69, 9.17) is 9.47 Å². The number of hydrogen-bond donors (Lipinski definition) is 0. The van der Waals surface area contributed by atoms with Crippen molar-refractivity contribution in [3.05, 3.63) is 0 Å². The minimum absolute atomic E-state index is 0.0777. The molecule has 0 rings (SSSR count). The molecule has 0 fully saturated rings. The Bertz CT molecular complexity index is 151. The maximum Gasteiger partial charge on any atom is 0.156 e. The van der Waals surface area contributed by atoms with Gasteiger partial charge in [0.15, 0.2) is 6.29 Å². The number of rotatable bonds is 5. The Labute approximate surface area is 75.3 Å². The van der Waals surface area contributed by atoms with Crippen molar-refractivity contribution in [3.8, 4) is 11.8 Å². The highest BCUT2D eigenvalue weighted by molar-refractivity contribution is 4.99. The Hall–Kier alpha value is -0.520. The van der Waals surface area contributed by atoms with Crippen LogP contribution in [0, 0.1) is 17.8 Å². The van der Waals surface area contributed by atoms with Crippen LogP contribution >= 0.6 is 0 Å². The number of methoxy groups -OCH3 is 2. The van der Waals surface area contributed by atoms with E-state index in [0.717, 1.165) is 12.8 Å². The third-order valence-corrected chi connectivity index (χ3v) is 1.75. The largest absolute Gasteiger partial charge is 0.356 e. The lowest BCUT2D eigenvalue weighted by molar-refractivity contribution is -0.107. The molecular formula is C10H18O2. The second-order valence-corrected chi connectivity index (χ2v) is 2.77. The van der Waals surface area contributed by atoms with Crippen LogP contribution in [0.4, 0.5) is 0 Å². The molecule has 0 aromatic carbocycles. The molecule has 2 nitrogen and oxygen atoms in total. The van der Waals surface area contributed by atoms with Crippen molar-refractivity contribution in [2.24, 2.45) is 5.92 Å². The molecular weight excluding hydrogens is 152 g/mol. The van der Waals surface area contributed by atoms with Crippen LogP contribution in [0.5, 0.6) is 0 Å². The number of hydrogen-bond acceptors (Lipinski definition) is 2. The zero-order valence-corrected chi connectivity index (χ0v) is 8.39. The molecule has 0 unspecified atom stereocenters. The van der Waals surface area contributed by atoms with E-state index in [9.17, 15) is 0 Å². The van der Waals surface area contributed by atoms with Gasteiger partial charge in [-0.15, -0.1) is 11.8 Å². The van der Waals surface area contributed by atoms with Gasteiger partial charge >= 0.3 is 0 Å². The quantitative estimate of drug-likeness (QED) is 0.464. The van der Waals surface area contributed by atoms with Gasteiger partial charge in [-0.3, -0.25) is 0 Å². The van der Waals surface area contributed by atoms with Crippen LogP contribution in [0.25, 0.3) is 0 Å². The average Bonchev–Trinajstić information content (AvgIpc) is 2.07. The summed E-state index contributed by atoms with van der Waals surface area (Å²) in [6.07, 6.45) is 1.85. The van der Waals surface area contributed by atoms with Crippen molar-refractivity contribution in [2.75, 3.05) is 14.2 Å². The van der Waals surface area contributed by atoms with Crippen LogP contribution in [-0.4, -0.2) is 20.5 Å². The van der Waals surface area contributed by atoms with Gasteiger partial charge < -0.3 is 9.47 Å². The first kappa shape index (κ1) is 11.5. The van der Waals surface area contributed by atoms with Gasteiger partial charge in [0.1, 0.15) is 0 Å². The maximum atomic E-state index is 5.06. The summed E-state index contributed by atoms with van der Waals surface area (Å²) in [4.78, 5) is 0. The van der Waals surface area contributed by atoms with Crippen molar-refractivity contribution >= 4 is 0 Å². The van der Waals surface area contributed by atoms with Crippen molar-refractivity contribution in [1.82, 2.24) is 0 Å². The molecule has 0 saturated heterocycles. The third kappa shape index (κ3) is 5.17. The monoisotopic (exact) mass is 170 g/mol. The van der Waals surface area contributed by atoms with Gasteiger partial charge in [0.05, 0.1) is 0 Å². The SMILES string of the molecule is CC#C[C@@H](C)CCC(OC)OC. The van der Waals surface area contributed by atoms with Crippen LogP contribution < -0.4 is 0 Å². The summed E-state index contributed by atoms with van der Waals surface area (Å²) in [5.74, 6) is 6.42. The van der Waals surface area contributed by atoms with Gasteiger partial charge in [0, 0.05) is 20.1 Å². The molecule has 70 valence electrons. The van der Waals surface area contributed by atoms with Crippen LogP contribution in [0.1, 0.15) is 26.7 Å². The Kier molecular flexibility index (Phi) is 6.84. The lowest BCUT2D eigenvalue weighted by atomic mass is 10.1. The average molecular weight is 170 g/mol. The second-order valence-electron chi connectivity index (χ2n) is 2.77. The molecule has 0 N–H and O–H groups in total. The second kappa shape index (κ2) is 7.15. The smallest absolute Gasteiger partial charge is 0.156 e. The highest BCUT2D eigenvalue weighted by atomic mass is 16.7. The van der Waals surface area contributed by atoms with Crippen molar-refractivity contribution in [3.63, 3.8) is 0 Å². The van der Waals surface area contributed by atoms with E-state index in [1.54, 1.807) is 14.2 Å². The molecule has 1 atom stereocenters. The van der Waals surface area contributed by atoms with E-state index in [0.29, 0.717) is 5.92 Å². The number of ether oxygens (including phenoxy) is 2. The van der Waals surface area contributed by atoms with Gasteiger partial charge in [-0.25, -0.2) is 0 Å². The van der Waals surface area contributed by atoms with Gasteiger partial charge in [0.25, 0.3) is 0 Å². The predicted molar refractivity (Wildman–Crippen MR) is 49.7 cm³/mol. The summed E-state index contributed by atoms with van der Waals surface area (Å²) < 4.78 is 10.1. The minimum atomic E-state index is -0.0777. The maximum absolute atomic E-state index is 5.06. The predicted octanol–water partition coefficient (Wildman–Crippen LogP) is 2.04. The fourth-order valence-electron chi connectivity index (χ4n) is 1.04. The first-order valence-corrected chi connectivity index (χ1v) is 4.22. The molecule has 2 heteroatoms. The molecule has 0 aliphatic carbocycles. The normalized spacial score (nSPS) is 12.4.